The Balaban J connectivity index is 2.30. The molecule has 16 heavy (non-hydrogen) atoms. The quantitative estimate of drug-likeness (QED) is 0.719. The molecule has 1 heterocycles. The smallest absolute Gasteiger partial charge is 0.125 e. The van der Waals surface area contributed by atoms with Crippen molar-refractivity contribution >= 4 is 0 Å². The van der Waals surface area contributed by atoms with E-state index in [2.05, 4.69) is 30.7 Å². The molecule has 88 valence electrons. The van der Waals surface area contributed by atoms with Gasteiger partial charge in [-0.2, -0.15) is 0 Å². The lowest BCUT2D eigenvalue weighted by Gasteiger charge is -2.33. The van der Waals surface area contributed by atoms with Crippen molar-refractivity contribution in [1.29, 1.82) is 0 Å². The minimum atomic E-state index is 0.644. The molecule has 0 radical (unpaired) electrons. The lowest BCUT2D eigenvalue weighted by Crippen LogP contribution is -2.22. The van der Waals surface area contributed by atoms with Crippen molar-refractivity contribution in [3.8, 4) is 0 Å². The van der Waals surface area contributed by atoms with Gasteiger partial charge in [0.2, 0.25) is 0 Å². The first kappa shape index (κ1) is 11.6. The lowest BCUT2D eigenvalue weighted by molar-refractivity contribution is 0.260. The fraction of sp³-hybridized carbons (Fsp3) is 0.714. The Hall–Kier alpha value is -0.920. The monoisotopic (exact) mass is 218 g/mol. The molecule has 3 unspecified atom stereocenters. The minimum absolute atomic E-state index is 0.644. The Morgan fingerprint density at radius 3 is 2.69 bits per heavy atom. The van der Waals surface area contributed by atoms with E-state index in [4.69, 9.17) is 0 Å². The maximum atomic E-state index is 4.67. The Kier molecular flexibility index (Phi) is 3.27. The van der Waals surface area contributed by atoms with Gasteiger partial charge < -0.3 is 0 Å². The third-order valence-corrected chi connectivity index (χ3v) is 3.94. The van der Waals surface area contributed by atoms with Gasteiger partial charge in [0.15, 0.2) is 0 Å². The molecule has 1 aliphatic carbocycles. The van der Waals surface area contributed by atoms with Gasteiger partial charge in [-0.1, -0.05) is 20.3 Å². The summed E-state index contributed by atoms with van der Waals surface area (Å²) in [6.07, 6.45) is 5.98. The van der Waals surface area contributed by atoms with Crippen molar-refractivity contribution in [3.05, 3.63) is 23.3 Å². The van der Waals surface area contributed by atoms with E-state index in [1.807, 2.05) is 13.1 Å². The third-order valence-electron chi connectivity index (χ3n) is 3.94. The zero-order chi connectivity index (χ0) is 11.7. The van der Waals surface area contributed by atoms with E-state index in [-0.39, 0.29) is 0 Å². The van der Waals surface area contributed by atoms with Crippen molar-refractivity contribution in [2.24, 2.45) is 11.8 Å². The summed E-state index contributed by atoms with van der Waals surface area (Å²) in [5.41, 5.74) is 2.56. The number of aromatic nitrogens is 2. The van der Waals surface area contributed by atoms with Crippen LogP contribution in [0.3, 0.4) is 0 Å². The SMILES string of the molecule is Cc1ncc(C)c(C2CC(C)CCC2C)n1. The topological polar surface area (TPSA) is 25.8 Å². The van der Waals surface area contributed by atoms with Crippen LogP contribution in [0, 0.1) is 25.7 Å². The van der Waals surface area contributed by atoms with Crippen LogP contribution in [0.15, 0.2) is 6.20 Å². The average molecular weight is 218 g/mol. The number of hydrogen-bond donors (Lipinski definition) is 0. The average Bonchev–Trinajstić information content (AvgIpc) is 2.25. The molecule has 0 bridgehead atoms. The second-order valence-corrected chi connectivity index (χ2v) is 5.49. The van der Waals surface area contributed by atoms with Crippen LogP contribution in [-0.2, 0) is 0 Å². The molecular formula is C14H22N2. The molecule has 2 rings (SSSR count). The van der Waals surface area contributed by atoms with Crippen molar-refractivity contribution in [1.82, 2.24) is 9.97 Å². The van der Waals surface area contributed by atoms with Gasteiger partial charge in [0, 0.05) is 12.1 Å². The first-order valence-electron chi connectivity index (χ1n) is 6.38. The second-order valence-electron chi connectivity index (χ2n) is 5.49. The van der Waals surface area contributed by atoms with Crippen molar-refractivity contribution < 1.29 is 0 Å². The van der Waals surface area contributed by atoms with Crippen LogP contribution in [0.4, 0.5) is 0 Å². The van der Waals surface area contributed by atoms with Gasteiger partial charge in [-0.15, -0.1) is 0 Å². The van der Waals surface area contributed by atoms with Crippen LogP contribution >= 0.6 is 0 Å². The fourth-order valence-corrected chi connectivity index (χ4v) is 2.84. The molecule has 3 atom stereocenters. The second kappa shape index (κ2) is 4.52. The summed E-state index contributed by atoms with van der Waals surface area (Å²) in [6, 6.07) is 0. The summed E-state index contributed by atoms with van der Waals surface area (Å²) in [7, 11) is 0. The first-order valence-corrected chi connectivity index (χ1v) is 6.38. The number of nitrogens with zero attached hydrogens (tertiary/aromatic N) is 2. The van der Waals surface area contributed by atoms with E-state index in [0.717, 1.165) is 17.7 Å². The first-order chi connectivity index (χ1) is 7.58. The molecule has 1 saturated carbocycles. The minimum Gasteiger partial charge on any atom is -0.241 e. The molecule has 1 aromatic rings. The lowest BCUT2D eigenvalue weighted by atomic mass is 9.73. The molecule has 0 N–H and O–H groups in total. The van der Waals surface area contributed by atoms with Crippen LogP contribution in [0.5, 0.6) is 0 Å². The molecule has 1 aromatic heterocycles. The number of hydrogen-bond acceptors (Lipinski definition) is 2. The van der Waals surface area contributed by atoms with Gasteiger partial charge in [0.1, 0.15) is 5.82 Å². The summed E-state index contributed by atoms with van der Waals surface area (Å²) in [5.74, 6) is 3.16. The summed E-state index contributed by atoms with van der Waals surface area (Å²) in [5, 5.41) is 0. The van der Waals surface area contributed by atoms with Crippen molar-refractivity contribution in [2.45, 2.75) is 52.9 Å². The van der Waals surface area contributed by atoms with Gasteiger partial charge in [-0.3, -0.25) is 0 Å². The predicted octanol–water partition coefficient (Wildman–Crippen LogP) is 3.63. The molecule has 1 fully saturated rings. The standard InChI is InChI=1S/C14H22N2/c1-9-5-6-10(2)13(7-9)14-11(3)8-15-12(4)16-14/h8-10,13H,5-7H2,1-4H3. The van der Waals surface area contributed by atoms with E-state index >= 15 is 0 Å². The van der Waals surface area contributed by atoms with E-state index in [0.29, 0.717) is 5.92 Å². The highest BCUT2D eigenvalue weighted by molar-refractivity contribution is 5.21. The van der Waals surface area contributed by atoms with Crippen molar-refractivity contribution in [3.63, 3.8) is 0 Å². The molecule has 0 aliphatic heterocycles. The van der Waals surface area contributed by atoms with E-state index in [1.165, 1.54) is 30.5 Å². The van der Waals surface area contributed by atoms with Crippen LogP contribution in [0.2, 0.25) is 0 Å². The zero-order valence-corrected chi connectivity index (χ0v) is 10.8. The Labute approximate surface area is 98.5 Å². The summed E-state index contributed by atoms with van der Waals surface area (Å²) in [6.45, 7) is 8.86. The van der Waals surface area contributed by atoms with Gasteiger partial charge in [-0.05, 0) is 44.1 Å². The Bertz CT molecular complexity index is 373. The third kappa shape index (κ3) is 2.26. The Morgan fingerprint density at radius 2 is 1.94 bits per heavy atom. The van der Waals surface area contributed by atoms with Crippen LogP contribution in [0.25, 0.3) is 0 Å². The normalized spacial score (nSPS) is 30.4. The largest absolute Gasteiger partial charge is 0.241 e. The highest BCUT2D eigenvalue weighted by Crippen LogP contribution is 2.40. The molecule has 2 nitrogen and oxygen atoms in total. The Morgan fingerprint density at radius 1 is 1.19 bits per heavy atom. The van der Waals surface area contributed by atoms with Gasteiger partial charge in [0.05, 0.1) is 5.69 Å². The maximum Gasteiger partial charge on any atom is 0.125 e. The van der Waals surface area contributed by atoms with Crippen LogP contribution < -0.4 is 0 Å². The van der Waals surface area contributed by atoms with Crippen LogP contribution in [-0.4, -0.2) is 9.97 Å². The highest BCUT2D eigenvalue weighted by atomic mass is 14.9. The molecule has 1 aliphatic rings. The van der Waals surface area contributed by atoms with Crippen LogP contribution in [0.1, 0.15) is 56.1 Å². The van der Waals surface area contributed by atoms with Gasteiger partial charge in [0.25, 0.3) is 0 Å². The van der Waals surface area contributed by atoms with Gasteiger partial charge >= 0.3 is 0 Å². The molecule has 2 heteroatoms. The number of aryl methyl sites for hydroxylation is 2. The van der Waals surface area contributed by atoms with E-state index in [1.54, 1.807) is 0 Å². The van der Waals surface area contributed by atoms with E-state index < -0.39 is 0 Å². The summed E-state index contributed by atoms with van der Waals surface area (Å²) in [4.78, 5) is 8.94. The number of rotatable bonds is 1. The maximum absolute atomic E-state index is 4.67. The molecular weight excluding hydrogens is 196 g/mol. The zero-order valence-electron chi connectivity index (χ0n) is 10.8. The molecule has 0 saturated heterocycles. The highest BCUT2D eigenvalue weighted by Gasteiger charge is 2.28. The summed E-state index contributed by atoms with van der Waals surface area (Å²) >= 11 is 0. The van der Waals surface area contributed by atoms with E-state index in [9.17, 15) is 0 Å². The molecule has 0 aromatic carbocycles. The predicted molar refractivity (Wildman–Crippen MR) is 66.4 cm³/mol. The van der Waals surface area contributed by atoms with Crippen molar-refractivity contribution in [2.75, 3.05) is 0 Å². The fourth-order valence-electron chi connectivity index (χ4n) is 2.84. The van der Waals surface area contributed by atoms with Gasteiger partial charge in [-0.25, -0.2) is 9.97 Å². The molecule has 0 amide bonds. The summed E-state index contributed by atoms with van der Waals surface area (Å²) < 4.78 is 0. The molecule has 0 spiro atoms.